The largest absolute Gasteiger partial charge is 0.491 e. The van der Waals surface area contributed by atoms with Gasteiger partial charge in [0.15, 0.2) is 9.84 Å². The highest BCUT2D eigenvalue weighted by Gasteiger charge is 2.39. The normalized spacial score (nSPS) is 23.4. The van der Waals surface area contributed by atoms with Gasteiger partial charge in [0.2, 0.25) is 0 Å². The molecular formula is C16H20N2O3S. The number of para-hydroxylation sites is 1. The molecule has 1 saturated carbocycles. The molecule has 1 aliphatic heterocycles. The van der Waals surface area contributed by atoms with Crippen LogP contribution in [0.1, 0.15) is 24.8 Å². The molecular weight excluding hydrogens is 300 g/mol. The van der Waals surface area contributed by atoms with Crippen LogP contribution in [-0.2, 0) is 9.84 Å². The highest BCUT2D eigenvalue weighted by atomic mass is 32.2. The van der Waals surface area contributed by atoms with Gasteiger partial charge in [-0.1, -0.05) is 12.1 Å². The number of rotatable bonds is 6. The molecule has 0 radical (unpaired) electrons. The van der Waals surface area contributed by atoms with E-state index >= 15 is 0 Å². The van der Waals surface area contributed by atoms with Crippen LogP contribution in [0.2, 0.25) is 0 Å². The Morgan fingerprint density at radius 2 is 2.00 bits per heavy atom. The molecule has 1 aromatic rings. The summed E-state index contributed by atoms with van der Waals surface area (Å²) in [5, 5.41) is 9.05. The van der Waals surface area contributed by atoms with Crippen LogP contribution >= 0.6 is 0 Å². The second-order valence-electron chi connectivity index (χ2n) is 5.98. The standard InChI is InChI=1S/C16H20N2O3S/c17-11-13-3-1-2-4-16(13)21-9-8-18(14-5-6-14)15-7-10-22(19,20)12-15/h1-4,14-15H,5-10,12H2/t15-/m1/s1. The van der Waals surface area contributed by atoms with Crippen LogP contribution in [0.15, 0.2) is 24.3 Å². The van der Waals surface area contributed by atoms with Gasteiger partial charge >= 0.3 is 0 Å². The van der Waals surface area contributed by atoms with Gasteiger partial charge in [-0.05, 0) is 31.4 Å². The van der Waals surface area contributed by atoms with E-state index in [9.17, 15) is 8.42 Å². The van der Waals surface area contributed by atoms with Gasteiger partial charge < -0.3 is 4.74 Å². The molecule has 2 fully saturated rings. The zero-order chi connectivity index (χ0) is 15.6. The first-order chi connectivity index (χ1) is 10.6. The Morgan fingerprint density at radius 3 is 2.64 bits per heavy atom. The summed E-state index contributed by atoms with van der Waals surface area (Å²) in [4.78, 5) is 2.29. The van der Waals surface area contributed by atoms with Crippen LogP contribution in [0.3, 0.4) is 0 Å². The number of nitriles is 1. The lowest BCUT2D eigenvalue weighted by molar-refractivity contribution is 0.162. The third kappa shape index (κ3) is 3.60. The Bertz CT molecular complexity index is 677. The number of hydrogen-bond donors (Lipinski definition) is 0. The van der Waals surface area contributed by atoms with Crippen molar-refractivity contribution in [3.05, 3.63) is 29.8 Å². The molecule has 1 saturated heterocycles. The summed E-state index contributed by atoms with van der Waals surface area (Å²) in [7, 11) is -2.86. The maximum absolute atomic E-state index is 11.7. The van der Waals surface area contributed by atoms with E-state index in [4.69, 9.17) is 10.00 Å². The molecule has 0 amide bonds. The van der Waals surface area contributed by atoms with Crippen LogP contribution in [0, 0.1) is 11.3 Å². The molecule has 0 bridgehead atoms. The molecule has 1 aromatic carbocycles. The molecule has 1 atom stereocenters. The van der Waals surface area contributed by atoms with Gasteiger partial charge in [-0.2, -0.15) is 5.26 Å². The zero-order valence-electron chi connectivity index (χ0n) is 12.4. The Kier molecular flexibility index (Phi) is 4.37. The predicted octanol–water partition coefficient (Wildman–Crippen LogP) is 1.59. The van der Waals surface area contributed by atoms with Gasteiger partial charge in [0, 0.05) is 18.6 Å². The maximum Gasteiger partial charge on any atom is 0.151 e. The van der Waals surface area contributed by atoms with E-state index in [1.54, 1.807) is 12.1 Å². The zero-order valence-corrected chi connectivity index (χ0v) is 13.3. The smallest absolute Gasteiger partial charge is 0.151 e. The van der Waals surface area contributed by atoms with Crippen molar-refractivity contribution in [3.63, 3.8) is 0 Å². The van der Waals surface area contributed by atoms with E-state index in [1.165, 1.54) is 0 Å². The molecule has 1 heterocycles. The highest BCUT2D eigenvalue weighted by Crippen LogP contribution is 2.32. The fourth-order valence-electron chi connectivity index (χ4n) is 3.05. The number of benzene rings is 1. The lowest BCUT2D eigenvalue weighted by Crippen LogP contribution is -2.40. The Labute approximate surface area is 131 Å². The first-order valence-electron chi connectivity index (χ1n) is 7.67. The second kappa shape index (κ2) is 6.27. The van der Waals surface area contributed by atoms with E-state index in [-0.39, 0.29) is 11.8 Å². The van der Waals surface area contributed by atoms with Gasteiger partial charge in [-0.3, -0.25) is 4.90 Å². The maximum atomic E-state index is 11.7. The van der Waals surface area contributed by atoms with Gasteiger partial charge in [-0.15, -0.1) is 0 Å². The topological polar surface area (TPSA) is 70.4 Å². The first kappa shape index (κ1) is 15.3. The molecule has 3 rings (SSSR count). The third-order valence-corrected chi connectivity index (χ3v) is 6.06. The summed E-state index contributed by atoms with van der Waals surface area (Å²) < 4.78 is 29.1. The molecule has 0 N–H and O–H groups in total. The molecule has 1 aliphatic carbocycles. The quantitative estimate of drug-likeness (QED) is 0.796. The molecule has 0 spiro atoms. The number of hydrogen-bond acceptors (Lipinski definition) is 5. The SMILES string of the molecule is N#Cc1ccccc1OCCN(C1CC1)[C@@H]1CCS(=O)(=O)C1. The Morgan fingerprint density at radius 1 is 1.23 bits per heavy atom. The van der Waals surface area contributed by atoms with Crippen molar-refractivity contribution >= 4 is 9.84 Å². The lowest BCUT2D eigenvalue weighted by Gasteiger charge is -2.27. The van der Waals surface area contributed by atoms with E-state index in [1.807, 2.05) is 12.1 Å². The molecule has 6 heteroatoms. The van der Waals surface area contributed by atoms with Crippen LogP contribution in [-0.4, -0.2) is 50.1 Å². The van der Waals surface area contributed by atoms with Crippen LogP contribution in [0.4, 0.5) is 0 Å². The minimum absolute atomic E-state index is 0.132. The Balaban J connectivity index is 1.58. The molecule has 5 nitrogen and oxygen atoms in total. The van der Waals surface area contributed by atoms with Crippen molar-refractivity contribution in [1.82, 2.24) is 4.90 Å². The molecule has 2 aliphatic rings. The van der Waals surface area contributed by atoms with E-state index in [2.05, 4.69) is 11.0 Å². The van der Waals surface area contributed by atoms with Crippen molar-refractivity contribution in [2.45, 2.75) is 31.3 Å². The molecule has 0 aromatic heterocycles. The molecule has 118 valence electrons. The number of sulfone groups is 1. The van der Waals surface area contributed by atoms with E-state index in [0.29, 0.717) is 36.3 Å². The van der Waals surface area contributed by atoms with Crippen molar-refractivity contribution in [2.75, 3.05) is 24.7 Å². The monoisotopic (exact) mass is 320 g/mol. The minimum atomic E-state index is -2.86. The van der Waals surface area contributed by atoms with Crippen molar-refractivity contribution in [1.29, 1.82) is 5.26 Å². The average molecular weight is 320 g/mol. The first-order valence-corrected chi connectivity index (χ1v) is 9.49. The number of ether oxygens (including phenoxy) is 1. The van der Waals surface area contributed by atoms with Gasteiger partial charge in [0.25, 0.3) is 0 Å². The van der Waals surface area contributed by atoms with Crippen molar-refractivity contribution in [2.24, 2.45) is 0 Å². The average Bonchev–Trinajstić information content (AvgIpc) is 3.27. The fourth-order valence-corrected chi connectivity index (χ4v) is 4.79. The molecule has 22 heavy (non-hydrogen) atoms. The van der Waals surface area contributed by atoms with Crippen molar-refractivity contribution < 1.29 is 13.2 Å². The molecule has 0 unspecified atom stereocenters. The fraction of sp³-hybridized carbons (Fsp3) is 0.562. The van der Waals surface area contributed by atoms with Gasteiger partial charge in [-0.25, -0.2) is 8.42 Å². The minimum Gasteiger partial charge on any atom is -0.491 e. The number of nitrogens with zero attached hydrogens (tertiary/aromatic N) is 2. The lowest BCUT2D eigenvalue weighted by atomic mass is 10.2. The Hall–Kier alpha value is -1.58. The van der Waals surface area contributed by atoms with Crippen molar-refractivity contribution in [3.8, 4) is 11.8 Å². The van der Waals surface area contributed by atoms with E-state index < -0.39 is 9.84 Å². The second-order valence-corrected chi connectivity index (χ2v) is 8.21. The summed E-state index contributed by atoms with van der Waals surface area (Å²) in [5.74, 6) is 1.18. The summed E-state index contributed by atoms with van der Waals surface area (Å²) >= 11 is 0. The summed E-state index contributed by atoms with van der Waals surface area (Å²) in [6.07, 6.45) is 3.02. The van der Waals surface area contributed by atoms with E-state index in [0.717, 1.165) is 19.3 Å². The third-order valence-electron chi connectivity index (χ3n) is 4.31. The van der Waals surface area contributed by atoms with Crippen LogP contribution in [0.25, 0.3) is 0 Å². The summed E-state index contributed by atoms with van der Waals surface area (Å²) in [6, 6.07) is 9.94. The summed E-state index contributed by atoms with van der Waals surface area (Å²) in [6.45, 7) is 1.19. The van der Waals surface area contributed by atoms with Crippen LogP contribution < -0.4 is 4.74 Å². The summed E-state index contributed by atoms with van der Waals surface area (Å²) in [5.41, 5.74) is 0.531. The van der Waals surface area contributed by atoms with Crippen LogP contribution in [0.5, 0.6) is 5.75 Å². The highest BCUT2D eigenvalue weighted by molar-refractivity contribution is 7.91. The van der Waals surface area contributed by atoms with Gasteiger partial charge in [0.1, 0.15) is 18.4 Å². The van der Waals surface area contributed by atoms with Gasteiger partial charge in [0.05, 0.1) is 17.1 Å². The predicted molar refractivity (Wildman–Crippen MR) is 83.4 cm³/mol.